The zero-order valence-corrected chi connectivity index (χ0v) is 14.0. The Hall–Kier alpha value is -3.28. The molecular weight excluding hydrogens is 318 g/mol. The van der Waals surface area contributed by atoms with Crippen LogP contribution in [0.2, 0.25) is 0 Å². The van der Waals surface area contributed by atoms with Crippen LogP contribution in [0.4, 0.5) is 0 Å². The molecule has 0 unspecified atom stereocenters. The lowest BCUT2D eigenvalue weighted by Crippen LogP contribution is -2.20. The number of benzene rings is 2. The van der Waals surface area contributed by atoms with Crippen LogP contribution in [0, 0.1) is 0 Å². The predicted octanol–water partition coefficient (Wildman–Crippen LogP) is 3.21. The van der Waals surface area contributed by atoms with Crippen molar-refractivity contribution in [3.05, 3.63) is 60.3 Å². The van der Waals surface area contributed by atoms with Crippen LogP contribution >= 0.6 is 0 Å². The number of hydrogen-bond donors (Lipinski definition) is 0. The number of hydrogen-bond acceptors (Lipinski definition) is 5. The van der Waals surface area contributed by atoms with E-state index < -0.39 is 0 Å². The molecular formula is C19H17N3O3. The summed E-state index contributed by atoms with van der Waals surface area (Å²) in [5.41, 5.74) is 3.62. The average molecular weight is 335 g/mol. The van der Waals surface area contributed by atoms with Crippen molar-refractivity contribution in [1.29, 1.82) is 0 Å². The van der Waals surface area contributed by atoms with E-state index in [1.54, 1.807) is 18.9 Å². The van der Waals surface area contributed by atoms with E-state index in [-0.39, 0.29) is 0 Å². The molecule has 25 heavy (non-hydrogen) atoms. The van der Waals surface area contributed by atoms with Crippen LogP contribution in [-0.4, -0.2) is 36.2 Å². The second kappa shape index (κ2) is 6.32. The molecule has 0 atom stereocenters. The number of aromatic nitrogens is 2. The summed E-state index contributed by atoms with van der Waals surface area (Å²) < 4.78 is 17.8. The summed E-state index contributed by atoms with van der Waals surface area (Å²) in [6.07, 6.45) is 1.86. The Kier molecular flexibility index (Phi) is 3.85. The van der Waals surface area contributed by atoms with Gasteiger partial charge < -0.3 is 14.2 Å². The topological polar surface area (TPSA) is 57.9 Å². The van der Waals surface area contributed by atoms with Gasteiger partial charge in [0, 0.05) is 11.1 Å². The second-order valence-electron chi connectivity index (χ2n) is 5.55. The van der Waals surface area contributed by atoms with E-state index in [0.717, 1.165) is 34.0 Å². The standard InChI is InChI=1S/C19H17N3O3/c1-23-15-7-3-13(4-8-15)17-11-22-19(20-17)25-12-18(21-22)14-5-9-16(24-2)10-6-14/h3-11H,12H2,1-2H3. The third kappa shape index (κ3) is 2.94. The van der Waals surface area contributed by atoms with E-state index in [1.165, 1.54) is 0 Å². The summed E-state index contributed by atoms with van der Waals surface area (Å²) in [6.45, 7) is 0.380. The van der Waals surface area contributed by atoms with Crippen LogP contribution < -0.4 is 14.2 Å². The molecule has 0 radical (unpaired) electrons. The molecule has 1 aliphatic rings. The molecule has 3 aromatic rings. The molecule has 2 aromatic carbocycles. The Balaban J connectivity index is 1.64. The molecule has 0 saturated carbocycles. The Morgan fingerprint density at radius 3 is 2.08 bits per heavy atom. The molecule has 0 N–H and O–H groups in total. The quantitative estimate of drug-likeness (QED) is 0.735. The summed E-state index contributed by atoms with van der Waals surface area (Å²) >= 11 is 0. The van der Waals surface area contributed by atoms with Gasteiger partial charge in [-0.15, -0.1) is 0 Å². The maximum absolute atomic E-state index is 5.76. The number of imidazole rings is 1. The van der Waals surface area contributed by atoms with Crippen LogP contribution in [-0.2, 0) is 0 Å². The average Bonchev–Trinajstić information content (AvgIpc) is 3.11. The largest absolute Gasteiger partial charge is 0.497 e. The van der Waals surface area contributed by atoms with E-state index in [2.05, 4.69) is 10.1 Å². The van der Waals surface area contributed by atoms with Crippen molar-refractivity contribution in [1.82, 2.24) is 9.66 Å². The Morgan fingerprint density at radius 2 is 1.48 bits per heavy atom. The van der Waals surface area contributed by atoms with Crippen LogP contribution in [0.3, 0.4) is 0 Å². The lowest BCUT2D eigenvalue weighted by molar-refractivity contribution is 0.319. The first-order valence-corrected chi connectivity index (χ1v) is 7.86. The molecule has 6 nitrogen and oxygen atoms in total. The van der Waals surface area contributed by atoms with Crippen LogP contribution in [0.1, 0.15) is 5.56 Å². The van der Waals surface area contributed by atoms with Gasteiger partial charge in [0.1, 0.15) is 23.8 Å². The first kappa shape index (κ1) is 15.3. The summed E-state index contributed by atoms with van der Waals surface area (Å²) in [5, 5.41) is 4.63. The van der Waals surface area contributed by atoms with E-state index in [4.69, 9.17) is 14.2 Å². The number of nitrogens with zero attached hydrogens (tertiary/aromatic N) is 3. The van der Waals surface area contributed by atoms with Gasteiger partial charge in [-0.2, -0.15) is 14.8 Å². The molecule has 0 bridgehead atoms. The van der Waals surface area contributed by atoms with Crippen molar-refractivity contribution in [2.75, 3.05) is 20.8 Å². The first-order chi connectivity index (χ1) is 12.3. The van der Waals surface area contributed by atoms with E-state index in [0.29, 0.717) is 12.6 Å². The normalized spacial score (nSPS) is 12.8. The molecule has 0 fully saturated rings. The van der Waals surface area contributed by atoms with Crippen molar-refractivity contribution < 1.29 is 14.2 Å². The number of fused-ring (bicyclic) bond motifs is 1. The van der Waals surface area contributed by atoms with Gasteiger partial charge in [0.2, 0.25) is 0 Å². The highest BCUT2D eigenvalue weighted by atomic mass is 16.5. The third-order valence-electron chi connectivity index (χ3n) is 4.03. The summed E-state index contributed by atoms with van der Waals surface area (Å²) in [7, 11) is 3.29. The predicted molar refractivity (Wildman–Crippen MR) is 94.6 cm³/mol. The van der Waals surface area contributed by atoms with Gasteiger partial charge in [-0.25, -0.2) is 0 Å². The zero-order valence-electron chi connectivity index (χ0n) is 14.0. The minimum atomic E-state index is 0.380. The molecule has 1 aromatic heterocycles. The van der Waals surface area contributed by atoms with Crippen molar-refractivity contribution in [3.8, 4) is 28.8 Å². The highest BCUT2D eigenvalue weighted by Crippen LogP contribution is 2.26. The summed E-state index contributed by atoms with van der Waals surface area (Å²) in [6, 6.07) is 16.0. The first-order valence-electron chi connectivity index (χ1n) is 7.86. The highest BCUT2D eigenvalue weighted by molar-refractivity contribution is 6.02. The van der Waals surface area contributed by atoms with Gasteiger partial charge in [0.25, 0.3) is 0 Å². The Labute approximate surface area is 145 Å². The fraction of sp³-hybridized carbons (Fsp3) is 0.158. The van der Waals surface area contributed by atoms with Crippen LogP contribution in [0.5, 0.6) is 17.5 Å². The van der Waals surface area contributed by atoms with Crippen LogP contribution in [0.15, 0.2) is 59.8 Å². The minimum absolute atomic E-state index is 0.380. The van der Waals surface area contributed by atoms with Crippen LogP contribution in [0.25, 0.3) is 11.3 Å². The van der Waals surface area contributed by atoms with Gasteiger partial charge in [0.15, 0.2) is 0 Å². The highest BCUT2D eigenvalue weighted by Gasteiger charge is 2.18. The maximum Gasteiger partial charge on any atom is 0.318 e. The molecule has 0 spiro atoms. The monoisotopic (exact) mass is 335 g/mol. The maximum atomic E-state index is 5.76. The van der Waals surface area contributed by atoms with Crippen molar-refractivity contribution in [2.24, 2.45) is 5.10 Å². The molecule has 0 saturated heterocycles. The number of ether oxygens (including phenoxy) is 3. The van der Waals surface area contributed by atoms with Gasteiger partial charge in [-0.3, -0.25) is 0 Å². The number of methoxy groups -OCH3 is 2. The lowest BCUT2D eigenvalue weighted by Gasteiger charge is -2.14. The van der Waals surface area contributed by atoms with E-state index >= 15 is 0 Å². The molecule has 126 valence electrons. The third-order valence-corrected chi connectivity index (χ3v) is 4.03. The Morgan fingerprint density at radius 1 is 0.880 bits per heavy atom. The molecule has 6 heteroatoms. The van der Waals surface area contributed by atoms with Crippen molar-refractivity contribution in [2.45, 2.75) is 0 Å². The van der Waals surface area contributed by atoms with Gasteiger partial charge in [-0.05, 0) is 48.5 Å². The lowest BCUT2D eigenvalue weighted by atomic mass is 10.1. The van der Waals surface area contributed by atoms with Gasteiger partial charge >= 0.3 is 6.01 Å². The second-order valence-corrected chi connectivity index (χ2v) is 5.55. The zero-order chi connectivity index (χ0) is 17.2. The van der Waals surface area contributed by atoms with Gasteiger partial charge in [-0.1, -0.05) is 0 Å². The van der Waals surface area contributed by atoms with Gasteiger partial charge in [0.05, 0.1) is 26.1 Å². The molecule has 2 heterocycles. The van der Waals surface area contributed by atoms with E-state index in [9.17, 15) is 0 Å². The fourth-order valence-electron chi connectivity index (χ4n) is 2.64. The molecule has 4 rings (SSSR count). The molecule has 0 aliphatic carbocycles. The van der Waals surface area contributed by atoms with Crippen molar-refractivity contribution in [3.63, 3.8) is 0 Å². The van der Waals surface area contributed by atoms with Crippen molar-refractivity contribution >= 4 is 5.71 Å². The minimum Gasteiger partial charge on any atom is -0.497 e. The smallest absolute Gasteiger partial charge is 0.318 e. The molecule has 0 amide bonds. The fourth-order valence-corrected chi connectivity index (χ4v) is 2.64. The summed E-state index contributed by atoms with van der Waals surface area (Å²) in [5.74, 6) is 1.62. The summed E-state index contributed by atoms with van der Waals surface area (Å²) in [4.78, 5) is 4.50. The Bertz CT molecular complexity index is 912. The molecule has 1 aliphatic heterocycles. The number of rotatable bonds is 4. The van der Waals surface area contributed by atoms with E-state index in [1.807, 2.05) is 54.7 Å². The SMILES string of the molecule is COc1ccc(C2=Nn3cc(-c4ccc(OC)cc4)nc3OC2)cc1.